The maximum absolute atomic E-state index is 13.0. The topological polar surface area (TPSA) is 118 Å². The zero-order chi connectivity index (χ0) is 47.8. The summed E-state index contributed by atoms with van der Waals surface area (Å²) in [5.74, 6) is 0.874. The van der Waals surface area contributed by atoms with Crippen LogP contribution in [0.25, 0.3) is 0 Å². The van der Waals surface area contributed by atoms with Crippen LogP contribution in [0.2, 0.25) is 0 Å². The monoisotopic (exact) mass is 922 g/mol. The second-order valence-electron chi connectivity index (χ2n) is 20.4. The van der Waals surface area contributed by atoms with E-state index in [2.05, 4.69) is 27.7 Å². The van der Waals surface area contributed by atoms with Crippen LogP contribution in [0.5, 0.6) is 0 Å². The van der Waals surface area contributed by atoms with Gasteiger partial charge in [0.25, 0.3) is 0 Å². The van der Waals surface area contributed by atoms with Crippen LogP contribution in [0.3, 0.4) is 0 Å². The van der Waals surface area contributed by atoms with Gasteiger partial charge in [0.05, 0.1) is 19.3 Å². The van der Waals surface area contributed by atoms with E-state index < -0.39 is 5.60 Å². The van der Waals surface area contributed by atoms with Crippen molar-refractivity contribution >= 4 is 24.0 Å². The number of carbonyl (C=O) groups is 4. The lowest BCUT2D eigenvalue weighted by molar-refractivity contribution is -0.158. The maximum atomic E-state index is 13.0. The van der Waals surface area contributed by atoms with Crippen LogP contribution < -0.4 is 0 Å². The molecule has 0 N–H and O–H groups in total. The average molecular weight is 922 g/mol. The van der Waals surface area contributed by atoms with Crippen LogP contribution in [0.15, 0.2) is 0 Å². The first-order valence-electron chi connectivity index (χ1n) is 27.5. The van der Waals surface area contributed by atoms with Crippen LogP contribution in [0, 0.1) is 11.8 Å². The molecule has 10 nitrogen and oxygen atoms in total. The molecule has 382 valence electrons. The Kier molecular flexibility index (Phi) is 38.0. The summed E-state index contributed by atoms with van der Waals surface area (Å²) in [6.07, 6.45) is 35.2. The van der Waals surface area contributed by atoms with E-state index >= 15 is 0 Å². The highest BCUT2D eigenvalue weighted by molar-refractivity contribution is 5.71. The predicted octanol–water partition coefficient (Wildman–Crippen LogP) is 15.2. The first-order chi connectivity index (χ1) is 31.4. The number of rotatable bonds is 42. The summed E-state index contributed by atoms with van der Waals surface area (Å²) in [7, 11) is 0. The minimum atomic E-state index is -0.537. The van der Waals surface area contributed by atoms with E-state index in [1.807, 2.05) is 20.8 Å². The molecule has 1 rings (SSSR count). The molecule has 0 aliphatic carbocycles. The zero-order valence-corrected chi connectivity index (χ0v) is 43.5. The molecule has 0 radical (unpaired) electrons. The fourth-order valence-corrected chi connectivity index (χ4v) is 8.96. The first kappa shape index (κ1) is 60.7. The molecule has 0 unspecified atom stereocenters. The van der Waals surface area contributed by atoms with E-state index in [0.717, 1.165) is 89.9 Å². The van der Waals surface area contributed by atoms with Gasteiger partial charge in [0.1, 0.15) is 18.3 Å². The number of esters is 3. The van der Waals surface area contributed by atoms with Gasteiger partial charge in [-0.25, -0.2) is 9.59 Å². The molecule has 10 heteroatoms. The molecule has 0 atom stereocenters. The van der Waals surface area contributed by atoms with E-state index in [-0.39, 0.29) is 42.8 Å². The molecule has 0 spiro atoms. The zero-order valence-electron chi connectivity index (χ0n) is 43.5. The molecule has 0 aromatic carbocycles. The summed E-state index contributed by atoms with van der Waals surface area (Å²) in [5.41, 5.74) is -0.537. The molecule has 1 aliphatic heterocycles. The van der Waals surface area contributed by atoms with Crippen LogP contribution in [0.4, 0.5) is 4.79 Å². The molecule has 0 saturated carbocycles. The van der Waals surface area contributed by atoms with Crippen molar-refractivity contribution in [3.8, 4) is 0 Å². The van der Waals surface area contributed by atoms with Gasteiger partial charge >= 0.3 is 24.0 Å². The number of nitrogens with zero attached hydrogens (tertiary/aromatic N) is 1. The number of piperidine rings is 1. The smallest absolute Gasteiger partial charge is 0.410 e. The summed E-state index contributed by atoms with van der Waals surface area (Å²) in [6.45, 7) is 16.7. The van der Waals surface area contributed by atoms with E-state index in [1.54, 1.807) is 4.90 Å². The Hall–Kier alpha value is -2.36. The third-order valence-electron chi connectivity index (χ3n) is 13.1. The second kappa shape index (κ2) is 40.7. The van der Waals surface area contributed by atoms with Crippen molar-refractivity contribution in [3.05, 3.63) is 0 Å². The van der Waals surface area contributed by atoms with Gasteiger partial charge in [-0.3, -0.25) is 9.59 Å². The first-order valence-corrected chi connectivity index (χ1v) is 27.5. The molecule has 65 heavy (non-hydrogen) atoms. The van der Waals surface area contributed by atoms with E-state index in [9.17, 15) is 19.2 Å². The lowest BCUT2D eigenvalue weighted by atomic mass is 9.92. The van der Waals surface area contributed by atoms with Crippen molar-refractivity contribution in [2.75, 3.05) is 32.9 Å². The number of likely N-dealkylation sites (tertiary alicyclic amines) is 1. The van der Waals surface area contributed by atoms with Crippen molar-refractivity contribution in [3.63, 3.8) is 0 Å². The van der Waals surface area contributed by atoms with Crippen molar-refractivity contribution in [2.45, 2.75) is 285 Å². The Morgan fingerprint density at radius 3 is 1.28 bits per heavy atom. The third kappa shape index (κ3) is 36.4. The normalized spacial score (nSPS) is 13.5. The van der Waals surface area contributed by atoms with Crippen LogP contribution >= 0.6 is 0 Å². The van der Waals surface area contributed by atoms with Crippen LogP contribution in [-0.4, -0.2) is 79.6 Å². The summed E-state index contributed by atoms with van der Waals surface area (Å²) >= 11 is 0. The Balaban J connectivity index is 2.46. The fourth-order valence-electron chi connectivity index (χ4n) is 8.96. The van der Waals surface area contributed by atoms with Gasteiger partial charge in [-0.15, -0.1) is 0 Å². The van der Waals surface area contributed by atoms with Gasteiger partial charge in [0.2, 0.25) is 0 Å². The lowest BCUT2D eigenvalue weighted by Gasteiger charge is -2.33. The number of carbonyl (C=O) groups excluding carboxylic acids is 4. The van der Waals surface area contributed by atoms with Crippen molar-refractivity contribution in [1.82, 2.24) is 4.90 Å². The van der Waals surface area contributed by atoms with Gasteiger partial charge in [-0.2, -0.15) is 0 Å². The molecule has 1 amide bonds. The lowest BCUT2D eigenvalue weighted by Crippen LogP contribution is -2.43. The number of ether oxygens (including phenoxy) is 5. The average Bonchev–Trinajstić information content (AvgIpc) is 3.27. The summed E-state index contributed by atoms with van der Waals surface area (Å²) < 4.78 is 28.8. The largest absolute Gasteiger partial charge is 0.466 e. The summed E-state index contributed by atoms with van der Waals surface area (Å²) in [6, 6.07) is 0. The van der Waals surface area contributed by atoms with E-state index in [1.165, 1.54) is 103 Å². The molecule has 0 aromatic rings. The number of unbranched alkanes of at least 4 members (excludes halogenated alkanes) is 16. The molecular formula is C55H103NO9. The minimum absolute atomic E-state index is 0.0664. The van der Waals surface area contributed by atoms with Crippen molar-refractivity contribution in [2.24, 2.45) is 11.8 Å². The Labute approximate surface area is 399 Å². The molecule has 0 bridgehead atoms. The predicted molar refractivity (Wildman–Crippen MR) is 266 cm³/mol. The van der Waals surface area contributed by atoms with Gasteiger partial charge in [-0.1, -0.05) is 169 Å². The molecule has 1 fully saturated rings. The standard InChI is InChI=1S/C55H103NO9/c1-8-12-22-30-47(31-23-13-9-2)40-44-61-51(57)36-28-20-16-18-26-34-50(64-53(59)46-63-49-38-42-56(43-39-49)54(60)65-55(5,6)7)35-27-19-17-21-29-37-52(58)62-45-41-48(32-24-14-10-3)33-25-15-11-4/h47-50H,8-46H2,1-7H3. The number of hydrogen-bond acceptors (Lipinski definition) is 9. The Morgan fingerprint density at radius 2 is 0.877 bits per heavy atom. The van der Waals surface area contributed by atoms with Gasteiger partial charge in [-0.05, 0) is 96.8 Å². The molecule has 1 saturated heterocycles. The van der Waals surface area contributed by atoms with Crippen molar-refractivity contribution < 1.29 is 42.9 Å². The summed E-state index contributed by atoms with van der Waals surface area (Å²) in [4.78, 5) is 52.2. The van der Waals surface area contributed by atoms with Crippen molar-refractivity contribution in [1.29, 1.82) is 0 Å². The maximum Gasteiger partial charge on any atom is 0.410 e. The highest BCUT2D eigenvalue weighted by Gasteiger charge is 2.28. The van der Waals surface area contributed by atoms with Crippen LogP contribution in [0.1, 0.15) is 267 Å². The quantitative estimate of drug-likeness (QED) is 0.0335. The van der Waals surface area contributed by atoms with Gasteiger partial charge in [0.15, 0.2) is 0 Å². The molecule has 1 aliphatic rings. The highest BCUT2D eigenvalue weighted by Crippen LogP contribution is 2.24. The van der Waals surface area contributed by atoms with Gasteiger partial charge < -0.3 is 28.6 Å². The number of hydrogen-bond donors (Lipinski definition) is 0. The van der Waals surface area contributed by atoms with Gasteiger partial charge in [0, 0.05) is 25.9 Å². The third-order valence-corrected chi connectivity index (χ3v) is 13.1. The number of amides is 1. The molecule has 1 heterocycles. The molecule has 0 aromatic heterocycles. The minimum Gasteiger partial charge on any atom is -0.466 e. The SMILES string of the molecule is CCCCCC(CCCCC)CCOC(=O)CCCCCCCC(CCCCCCCC(=O)OCCC(CCCCC)CCCCC)OC(=O)COC1CCN(C(=O)OC(C)(C)C)CC1. The second-order valence-corrected chi connectivity index (χ2v) is 20.4. The van der Waals surface area contributed by atoms with Crippen LogP contribution in [-0.2, 0) is 38.1 Å². The highest BCUT2D eigenvalue weighted by atomic mass is 16.6. The summed E-state index contributed by atoms with van der Waals surface area (Å²) in [5, 5.41) is 0. The van der Waals surface area contributed by atoms with E-state index in [0.29, 0.717) is 63.8 Å². The Morgan fingerprint density at radius 1 is 0.492 bits per heavy atom. The molecular weight excluding hydrogens is 819 g/mol. The van der Waals surface area contributed by atoms with E-state index in [4.69, 9.17) is 23.7 Å². The fraction of sp³-hybridized carbons (Fsp3) is 0.927. The Bertz CT molecular complexity index is 1090.